The maximum Gasteiger partial charge on any atom is 0.154 e. The lowest BCUT2D eigenvalue weighted by Gasteiger charge is -2.12. The minimum Gasteiger partial charge on any atom is -0.404 e. The number of hydrogen-bond acceptors (Lipinski definition) is 8. The lowest BCUT2D eigenvalue weighted by atomic mass is 10.1. The summed E-state index contributed by atoms with van der Waals surface area (Å²) in [5.74, 6) is 1.73. The van der Waals surface area contributed by atoms with E-state index in [-0.39, 0.29) is 0 Å². The first-order valence-corrected chi connectivity index (χ1v) is 11.6. The molecule has 1 fully saturated rings. The van der Waals surface area contributed by atoms with E-state index in [1.807, 2.05) is 36.7 Å². The molecule has 0 amide bonds. The van der Waals surface area contributed by atoms with Crippen LogP contribution in [0.1, 0.15) is 50.2 Å². The number of aromatic nitrogens is 4. The number of nitrogens with one attached hydrogen (secondary N) is 1. The number of pyridine rings is 2. The van der Waals surface area contributed by atoms with Gasteiger partial charge in [-0.15, -0.1) is 5.10 Å². The molecule has 3 N–H and O–H groups in total. The van der Waals surface area contributed by atoms with E-state index in [0.717, 1.165) is 47.2 Å². The van der Waals surface area contributed by atoms with Gasteiger partial charge in [-0.1, -0.05) is 13.8 Å². The number of rotatable bonds is 9. The summed E-state index contributed by atoms with van der Waals surface area (Å²) in [6, 6.07) is 7.80. The topological polar surface area (TPSA) is 105 Å². The summed E-state index contributed by atoms with van der Waals surface area (Å²) in [6.07, 6.45) is 10.7. The minimum atomic E-state index is 0.376. The highest BCUT2D eigenvalue weighted by Gasteiger charge is 2.10. The summed E-state index contributed by atoms with van der Waals surface area (Å²) in [5, 5.41) is 11.5. The molecule has 0 bridgehead atoms. The molecule has 3 aromatic rings. The molecule has 8 heteroatoms. The molecule has 0 aromatic carbocycles. The van der Waals surface area contributed by atoms with Crippen molar-refractivity contribution in [1.82, 2.24) is 25.1 Å². The molecule has 0 saturated carbocycles. The molecule has 0 unspecified atom stereocenters. The van der Waals surface area contributed by atoms with E-state index in [1.54, 1.807) is 12.4 Å². The van der Waals surface area contributed by atoms with Crippen LogP contribution in [-0.2, 0) is 0 Å². The molecule has 172 valence electrons. The Hall–Kier alpha value is -3.39. The highest BCUT2D eigenvalue weighted by Crippen LogP contribution is 2.21. The van der Waals surface area contributed by atoms with Gasteiger partial charge in [-0.2, -0.15) is 5.10 Å². The average molecular weight is 445 g/mol. The molecular weight excluding hydrogens is 412 g/mol. The molecule has 1 aliphatic rings. The molecule has 1 saturated heterocycles. The van der Waals surface area contributed by atoms with Crippen LogP contribution >= 0.6 is 0 Å². The van der Waals surface area contributed by atoms with Gasteiger partial charge in [0.25, 0.3) is 0 Å². The van der Waals surface area contributed by atoms with E-state index in [1.165, 1.54) is 25.9 Å². The zero-order chi connectivity index (χ0) is 23.0. The number of hydrogen-bond donors (Lipinski definition) is 2. The van der Waals surface area contributed by atoms with Crippen molar-refractivity contribution in [3.05, 3.63) is 54.0 Å². The number of likely N-dealkylation sites (tertiary alicyclic amines) is 1. The SMILES string of the molecule is CC(C)c1cnnc(Nc2ccc3ncc(C(C=NCCCN4CCCC4)=CN)cc3n2)c1. The third-order valence-corrected chi connectivity index (χ3v) is 5.84. The van der Waals surface area contributed by atoms with Gasteiger partial charge in [0.1, 0.15) is 5.82 Å². The number of nitrogens with zero attached hydrogens (tertiary/aromatic N) is 6. The molecule has 8 nitrogen and oxygen atoms in total. The summed E-state index contributed by atoms with van der Waals surface area (Å²) in [4.78, 5) is 16.4. The Bertz CT molecular complexity index is 1130. The van der Waals surface area contributed by atoms with Crippen LogP contribution in [0.5, 0.6) is 0 Å². The fourth-order valence-corrected chi connectivity index (χ4v) is 3.89. The second kappa shape index (κ2) is 11.0. The number of aliphatic imine (C=N–C) groups is 1. The number of allylic oxidation sites excluding steroid dienone is 1. The molecule has 0 atom stereocenters. The van der Waals surface area contributed by atoms with Gasteiger partial charge < -0.3 is 16.0 Å². The highest BCUT2D eigenvalue weighted by atomic mass is 15.2. The molecule has 0 aliphatic carbocycles. The van der Waals surface area contributed by atoms with Crippen molar-refractivity contribution >= 4 is 34.5 Å². The van der Waals surface area contributed by atoms with Gasteiger partial charge in [-0.25, -0.2) is 4.98 Å². The second-order valence-corrected chi connectivity index (χ2v) is 8.67. The van der Waals surface area contributed by atoms with Crippen LogP contribution in [0, 0.1) is 0 Å². The number of nitrogens with two attached hydrogens (primary N) is 1. The smallest absolute Gasteiger partial charge is 0.154 e. The van der Waals surface area contributed by atoms with Crippen LogP contribution < -0.4 is 11.1 Å². The molecule has 4 heterocycles. The minimum absolute atomic E-state index is 0.376. The van der Waals surface area contributed by atoms with Crippen LogP contribution in [0.15, 0.2) is 47.9 Å². The van der Waals surface area contributed by atoms with Crippen LogP contribution in [0.4, 0.5) is 11.6 Å². The summed E-state index contributed by atoms with van der Waals surface area (Å²) in [5.41, 5.74) is 10.3. The van der Waals surface area contributed by atoms with Crippen LogP contribution in [0.2, 0.25) is 0 Å². The standard InChI is InChI=1S/C25H32N8/c1-18(2)19-13-25(32-29-17-19)31-24-7-6-22-23(30-24)12-20(16-28-22)21(14-26)15-27-8-5-11-33-9-3-4-10-33/h6-7,12-18H,3-5,8-11,26H2,1-2H3,(H,30,31,32). The van der Waals surface area contributed by atoms with E-state index in [9.17, 15) is 0 Å². The molecule has 3 aromatic heterocycles. The first-order chi connectivity index (χ1) is 16.1. The van der Waals surface area contributed by atoms with Crippen molar-refractivity contribution < 1.29 is 0 Å². The highest BCUT2D eigenvalue weighted by molar-refractivity contribution is 6.10. The van der Waals surface area contributed by atoms with Crippen molar-refractivity contribution in [1.29, 1.82) is 0 Å². The van der Waals surface area contributed by atoms with Crippen LogP contribution in [0.3, 0.4) is 0 Å². The Morgan fingerprint density at radius 1 is 1.15 bits per heavy atom. The lowest BCUT2D eigenvalue weighted by molar-refractivity contribution is 0.336. The van der Waals surface area contributed by atoms with Crippen molar-refractivity contribution in [2.45, 2.75) is 39.0 Å². The summed E-state index contributed by atoms with van der Waals surface area (Å²) < 4.78 is 0. The molecule has 0 radical (unpaired) electrons. The van der Waals surface area contributed by atoms with Gasteiger partial charge in [0.2, 0.25) is 0 Å². The van der Waals surface area contributed by atoms with Crippen molar-refractivity contribution in [2.75, 3.05) is 31.5 Å². The van der Waals surface area contributed by atoms with Crippen molar-refractivity contribution in [3.63, 3.8) is 0 Å². The molecule has 1 aliphatic heterocycles. The maximum atomic E-state index is 5.90. The fraction of sp³-hybridized carbons (Fsp3) is 0.400. The van der Waals surface area contributed by atoms with Crippen molar-refractivity contribution in [3.8, 4) is 0 Å². The zero-order valence-electron chi connectivity index (χ0n) is 19.4. The molecule has 0 spiro atoms. The van der Waals surface area contributed by atoms with E-state index >= 15 is 0 Å². The van der Waals surface area contributed by atoms with E-state index < -0.39 is 0 Å². The summed E-state index contributed by atoms with van der Waals surface area (Å²) >= 11 is 0. The first-order valence-electron chi connectivity index (χ1n) is 11.6. The van der Waals surface area contributed by atoms with E-state index in [4.69, 9.17) is 10.7 Å². The predicted molar refractivity (Wildman–Crippen MR) is 135 cm³/mol. The van der Waals surface area contributed by atoms with Gasteiger partial charge in [0, 0.05) is 36.3 Å². The van der Waals surface area contributed by atoms with Gasteiger partial charge in [0.15, 0.2) is 5.82 Å². The Morgan fingerprint density at radius 3 is 2.79 bits per heavy atom. The Labute approximate surface area is 195 Å². The van der Waals surface area contributed by atoms with E-state index in [0.29, 0.717) is 17.6 Å². The maximum absolute atomic E-state index is 5.90. The monoisotopic (exact) mass is 444 g/mol. The molecule has 33 heavy (non-hydrogen) atoms. The fourth-order valence-electron chi connectivity index (χ4n) is 3.89. The van der Waals surface area contributed by atoms with Gasteiger partial charge in [0.05, 0.1) is 17.2 Å². The lowest BCUT2D eigenvalue weighted by Crippen LogP contribution is -2.20. The first kappa shape index (κ1) is 22.8. The Balaban J connectivity index is 1.44. The van der Waals surface area contributed by atoms with Gasteiger partial charge >= 0.3 is 0 Å². The quantitative estimate of drug-likeness (QED) is 0.377. The molecule has 4 rings (SSSR count). The van der Waals surface area contributed by atoms with Crippen LogP contribution in [0.25, 0.3) is 16.6 Å². The third-order valence-electron chi connectivity index (χ3n) is 5.84. The molecular formula is C25H32N8. The average Bonchev–Trinajstić information content (AvgIpc) is 3.35. The number of anilines is 2. The van der Waals surface area contributed by atoms with E-state index in [2.05, 4.69) is 44.2 Å². The number of fused-ring (bicyclic) bond motifs is 1. The van der Waals surface area contributed by atoms with Gasteiger partial charge in [-0.3, -0.25) is 9.98 Å². The van der Waals surface area contributed by atoms with Crippen molar-refractivity contribution in [2.24, 2.45) is 10.7 Å². The summed E-state index contributed by atoms with van der Waals surface area (Å²) in [6.45, 7) is 8.60. The second-order valence-electron chi connectivity index (χ2n) is 8.67. The zero-order valence-corrected chi connectivity index (χ0v) is 19.4. The predicted octanol–water partition coefficient (Wildman–Crippen LogP) is 4.14. The third kappa shape index (κ3) is 6.10. The Morgan fingerprint density at radius 2 is 2.00 bits per heavy atom. The largest absolute Gasteiger partial charge is 0.404 e. The Kier molecular flexibility index (Phi) is 7.57. The van der Waals surface area contributed by atoms with Crippen LogP contribution in [-0.4, -0.2) is 57.5 Å². The summed E-state index contributed by atoms with van der Waals surface area (Å²) in [7, 11) is 0. The van der Waals surface area contributed by atoms with Gasteiger partial charge in [-0.05, 0) is 74.6 Å². The normalized spacial score (nSPS) is 15.2.